The number of halogens is 4. The molecule has 0 heterocycles. The zero-order valence-electron chi connectivity index (χ0n) is 10.7. The van der Waals surface area contributed by atoms with E-state index in [9.17, 15) is 17.3 Å². The molecule has 0 aliphatic heterocycles. The van der Waals surface area contributed by atoms with Gasteiger partial charge in [-0.05, 0) is 24.6 Å². The van der Waals surface area contributed by atoms with E-state index >= 15 is 0 Å². The van der Waals surface area contributed by atoms with Gasteiger partial charge in [-0.25, -0.2) is 4.39 Å². The Hall–Kier alpha value is -1.98. The summed E-state index contributed by atoms with van der Waals surface area (Å²) in [4.78, 5) is 0. The van der Waals surface area contributed by atoms with Gasteiger partial charge in [-0.3, -0.25) is 0 Å². The molecule has 0 aromatic heterocycles. The van der Waals surface area contributed by atoms with Gasteiger partial charge in [0.15, 0.2) is 11.6 Å². The van der Waals surface area contributed by atoms with Crippen molar-refractivity contribution >= 4 is 12.4 Å². The first-order chi connectivity index (χ1) is 9.36. The van der Waals surface area contributed by atoms with Crippen molar-refractivity contribution in [3.63, 3.8) is 0 Å². The molecule has 0 saturated carbocycles. The normalized spacial score (nSPS) is 11.4. The lowest BCUT2D eigenvalue weighted by molar-refractivity contribution is 0.290. The minimum atomic E-state index is -5.16. The molecule has 0 unspecified atom stereocenters. The molecule has 1 nitrogen and oxygen atoms in total. The van der Waals surface area contributed by atoms with E-state index in [0.29, 0.717) is 12.1 Å². The van der Waals surface area contributed by atoms with Crippen molar-refractivity contribution in [3.8, 4) is 5.75 Å². The Morgan fingerprint density at radius 2 is 1.65 bits per heavy atom. The van der Waals surface area contributed by atoms with Crippen LogP contribution in [0.4, 0.5) is 17.3 Å². The Balaban J connectivity index is 2.14. The lowest BCUT2D eigenvalue weighted by Gasteiger charge is -2.16. The highest BCUT2D eigenvalue weighted by Crippen LogP contribution is 2.20. The number of aryl methyl sites for hydroxylation is 1. The molecule has 0 fully saturated rings. The summed E-state index contributed by atoms with van der Waals surface area (Å²) < 4.78 is 56.3. The zero-order valence-corrected chi connectivity index (χ0v) is 10.7. The van der Waals surface area contributed by atoms with Crippen molar-refractivity contribution in [1.29, 1.82) is 0 Å². The molecule has 2 rings (SSSR count). The van der Waals surface area contributed by atoms with Gasteiger partial charge in [0.05, 0.1) is 0 Å². The molecule has 20 heavy (non-hydrogen) atoms. The summed E-state index contributed by atoms with van der Waals surface area (Å²) in [5.74, 6) is -1.19. The Kier molecular flexibility index (Phi) is 4.02. The summed E-state index contributed by atoms with van der Waals surface area (Å²) in [7, 11) is 0. The lowest BCUT2D eigenvalue weighted by atomic mass is 9.80. The van der Waals surface area contributed by atoms with E-state index < -0.39 is 18.3 Å². The van der Waals surface area contributed by atoms with Crippen LogP contribution in [-0.4, -0.2) is 6.98 Å². The molecule has 0 spiro atoms. The minimum Gasteiger partial charge on any atom is -0.486 e. The number of rotatable bonds is 4. The van der Waals surface area contributed by atoms with Gasteiger partial charge in [-0.15, -0.1) is 5.46 Å². The average Bonchev–Trinajstić information content (AvgIpc) is 2.38. The fraction of sp³-hybridized carbons (Fsp3) is 0.143. The Bertz CT molecular complexity index is 593. The van der Waals surface area contributed by atoms with E-state index in [1.165, 1.54) is 0 Å². The van der Waals surface area contributed by atoms with Gasteiger partial charge in [0, 0.05) is 0 Å². The van der Waals surface area contributed by atoms with Crippen LogP contribution in [0.1, 0.15) is 11.1 Å². The molecule has 2 aromatic rings. The third kappa shape index (κ3) is 3.53. The van der Waals surface area contributed by atoms with Crippen molar-refractivity contribution in [2.24, 2.45) is 0 Å². The Morgan fingerprint density at radius 3 is 2.25 bits per heavy atom. The van der Waals surface area contributed by atoms with Crippen LogP contribution in [0.3, 0.4) is 0 Å². The van der Waals surface area contributed by atoms with Crippen LogP contribution in [0.15, 0.2) is 42.5 Å². The van der Waals surface area contributed by atoms with Gasteiger partial charge in [0.25, 0.3) is 0 Å². The number of hydrogen-bond donors (Lipinski definition) is 0. The van der Waals surface area contributed by atoms with Crippen LogP contribution in [0.25, 0.3) is 0 Å². The highest BCUT2D eigenvalue weighted by molar-refractivity contribution is 6.73. The summed E-state index contributed by atoms with van der Waals surface area (Å²) in [5.41, 5.74) is 0.949. The van der Waals surface area contributed by atoms with Gasteiger partial charge in [-0.1, -0.05) is 35.9 Å². The second kappa shape index (κ2) is 5.57. The number of hydrogen-bond acceptors (Lipinski definition) is 1. The van der Waals surface area contributed by atoms with E-state index in [4.69, 9.17) is 4.74 Å². The third-order valence-corrected chi connectivity index (χ3v) is 2.85. The fourth-order valence-electron chi connectivity index (χ4n) is 1.68. The van der Waals surface area contributed by atoms with Crippen LogP contribution < -0.4 is 10.2 Å². The van der Waals surface area contributed by atoms with Crippen LogP contribution in [-0.2, 0) is 6.61 Å². The lowest BCUT2D eigenvalue weighted by Crippen LogP contribution is -2.34. The van der Waals surface area contributed by atoms with Crippen LogP contribution in [0.5, 0.6) is 5.75 Å². The molecule has 0 bridgehead atoms. The van der Waals surface area contributed by atoms with E-state index in [-0.39, 0.29) is 12.4 Å². The van der Waals surface area contributed by atoms with Gasteiger partial charge in [0.1, 0.15) is 6.61 Å². The maximum atomic E-state index is 13.4. The predicted octanol–water partition coefficient (Wildman–Crippen LogP) is 3.77. The van der Waals surface area contributed by atoms with Crippen molar-refractivity contribution in [2.45, 2.75) is 13.5 Å². The van der Waals surface area contributed by atoms with Gasteiger partial charge in [-0.2, -0.15) is 0 Å². The first-order valence-electron chi connectivity index (χ1n) is 6.04. The summed E-state index contributed by atoms with van der Waals surface area (Å²) in [6.45, 7) is -3.23. The SMILES string of the molecule is Cc1ccc(COc2cc([B-](F)(F)F)ccc2F)cc1. The summed E-state index contributed by atoms with van der Waals surface area (Å²) in [6, 6.07) is 9.46. The van der Waals surface area contributed by atoms with Crippen molar-refractivity contribution in [2.75, 3.05) is 0 Å². The molecule has 0 N–H and O–H groups in total. The molecule has 0 radical (unpaired) electrons. The average molecular weight is 283 g/mol. The molecule has 0 amide bonds. The highest BCUT2D eigenvalue weighted by atomic mass is 19.4. The maximum absolute atomic E-state index is 13.4. The molecule has 106 valence electrons. The van der Waals surface area contributed by atoms with Gasteiger partial charge < -0.3 is 17.7 Å². The topological polar surface area (TPSA) is 9.23 Å². The molecule has 0 atom stereocenters. The minimum absolute atomic E-state index is 0.0194. The first-order valence-corrected chi connectivity index (χ1v) is 6.04. The van der Waals surface area contributed by atoms with E-state index in [1.54, 1.807) is 12.1 Å². The molecular weight excluding hydrogens is 271 g/mol. The van der Waals surface area contributed by atoms with E-state index in [1.807, 2.05) is 19.1 Å². The maximum Gasteiger partial charge on any atom is 0.509 e. The molecule has 6 heteroatoms. The van der Waals surface area contributed by atoms with Crippen LogP contribution in [0, 0.1) is 12.7 Å². The second-order valence-electron chi connectivity index (χ2n) is 4.54. The van der Waals surface area contributed by atoms with Crippen LogP contribution >= 0.6 is 0 Å². The Morgan fingerprint density at radius 1 is 1.00 bits per heavy atom. The molecule has 0 aliphatic carbocycles. The molecular formula is C14H12BF4O-. The third-order valence-electron chi connectivity index (χ3n) is 2.85. The summed E-state index contributed by atoms with van der Waals surface area (Å²) in [6.07, 6.45) is 0. The largest absolute Gasteiger partial charge is 0.509 e. The molecule has 0 saturated heterocycles. The fourth-order valence-corrected chi connectivity index (χ4v) is 1.68. The zero-order chi connectivity index (χ0) is 14.8. The van der Waals surface area contributed by atoms with Crippen molar-refractivity contribution in [1.82, 2.24) is 0 Å². The Labute approximate surface area is 114 Å². The monoisotopic (exact) mass is 283 g/mol. The van der Waals surface area contributed by atoms with Gasteiger partial charge >= 0.3 is 6.98 Å². The first kappa shape index (κ1) is 14.4. The second-order valence-corrected chi connectivity index (χ2v) is 4.54. The number of benzene rings is 2. The smallest absolute Gasteiger partial charge is 0.486 e. The van der Waals surface area contributed by atoms with Crippen molar-refractivity contribution in [3.05, 3.63) is 59.4 Å². The predicted molar refractivity (Wildman–Crippen MR) is 70.6 cm³/mol. The summed E-state index contributed by atoms with van der Waals surface area (Å²) >= 11 is 0. The van der Waals surface area contributed by atoms with E-state index in [2.05, 4.69) is 0 Å². The standard InChI is InChI=1S/C14H12BF4O/c1-10-2-4-11(5-3-10)9-20-14-8-12(15(17,18)19)6-7-13(14)16/h2-8H,9H2,1H3/q-1. The van der Waals surface area contributed by atoms with Crippen LogP contribution in [0.2, 0.25) is 0 Å². The van der Waals surface area contributed by atoms with Gasteiger partial charge in [0.2, 0.25) is 0 Å². The highest BCUT2D eigenvalue weighted by Gasteiger charge is 2.26. The van der Waals surface area contributed by atoms with Crippen molar-refractivity contribution < 1.29 is 22.1 Å². The molecule has 0 aliphatic rings. The van der Waals surface area contributed by atoms with E-state index in [0.717, 1.165) is 17.2 Å². The number of ether oxygens (including phenoxy) is 1. The quantitative estimate of drug-likeness (QED) is 0.613. The summed E-state index contributed by atoms with van der Waals surface area (Å²) in [5, 5.41) is 0. The molecule has 2 aromatic carbocycles.